The van der Waals surface area contributed by atoms with Crippen molar-refractivity contribution in [2.75, 3.05) is 25.0 Å². The summed E-state index contributed by atoms with van der Waals surface area (Å²) in [7, 11) is 0. The number of benzene rings is 1. The highest BCUT2D eigenvalue weighted by Crippen LogP contribution is 2.25. The Labute approximate surface area is 108 Å². The van der Waals surface area contributed by atoms with Gasteiger partial charge in [0.25, 0.3) is 0 Å². The monoisotopic (exact) mass is 247 g/mol. The third-order valence-electron chi connectivity index (χ3n) is 3.11. The molecular weight excluding hydrogens is 226 g/mol. The first-order chi connectivity index (χ1) is 8.81. The molecule has 1 heterocycles. The first-order valence-electron chi connectivity index (χ1n) is 6.63. The van der Waals surface area contributed by atoms with E-state index in [-0.39, 0.29) is 5.91 Å². The van der Waals surface area contributed by atoms with Crippen LogP contribution in [0.25, 0.3) is 0 Å². The van der Waals surface area contributed by atoms with E-state index in [4.69, 9.17) is 0 Å². The minimum atomic E-state index is 0.0670. The Morgan fingerprint density at radius 3 is 3.17 bits per heavy atom. The molecule has 0 unspecified atom stereocenters. The minimum Gasteiger partial charge on any atom is -0.384 e. The highest BCUT2D eigenvalue weighted by Gasteiger charge is 2.13. The zero-order valence-electron chi connectivity index (χ0n) is 10.9. The van der Waals surface area contributed by atoms with Crippen LogP contribution < -0.4 is 16.0 Å². The van der Waals surface area contributed by atoms with Crippen molar-refractivity contribution >= 4 is 11.6 Å². The largest absolute Gasteiger partial charge is 0.384 e. The molecule has 0 saturated heterocycles. The zero-order valence-corrected chi connectivity index (χ0v) is 10.9. The second-order valence-corrected chi connectivity index (χ2v) is 4.58. The van der Waals surface area contributed by atoms with Crippen LogP contribution in [0, 0.1) is 0 Å². The maximum absolute atomic E-state index is 11.4. The minimum absolute atomic E-state index is 0.0670. The molecule has 0 aliphatic carbocycles. The van der Waals surface area contributed by atoms with Gasteiger partial charge in [-0.25, -0.2) is 0 Å². The number of carbonyl (C=O) groups is 1. The number of anilines is 1. The number of carbonyl (C=O) groups excluding carboxylic acids is 1. The number of fused-ring (bicyclic) bond motifs is 1. The van der Waals surface area contributed by atoms with Crippen molar-refractivity contribution in [3.8, 4) is 0 Å². The van der Waals surface area contributed by atoms with Crippen molar-refractivity contribution in [2.24, 2.45) is 0 Å². The van der Waals surface area contributed by atoms with Gasteiger partial charge in [0.2, 0.25) is 5.91 Å². The van der Waals surface area contributed by atoms with E-state index in [1.807, 2.05) is 6.92 Å². The average Bonchev–Trinajstić information content (AvgIpc) is 2.85. The van der Waals surface area contributed by atoms with Crippen LogP contribution in [0.15, 0.2) is 18.2 Å². The van der Waals surface area contributed by atoms with Gasteiger partial charge in [0.15, 0.2) is 0 Å². The van der Waals surface area contributed by atoms with Crippen molar-refractivity contribution in [1.82, 2.24) is 10.6 Å². The summed E-state index contributed by atoms with van der Waals surface area (Å²) >= 11 is 0. The lowest BCUT2D eigenvalue weighted by Crippen LogP contribution is -2.34. The molecule has 4 heteroatoms. The predicted molar refractivity (Wildman–Crippen MR) is 73.6 cm³/mol. The molecule has 1 aliphatic heterocycles. The number of hydrogen-bond acceptors (Lipinski definition) is 3. The van der Waals surface area contributed by atoms with Crippen LogP contribution in [-0.2, 0) is 17.8 Å². The Morgan fingerprint density at radius 2 is 2.33 bits per heavy atom. The summed E-state index contributed by atoms with van der Waals surface area (Å²) in [6, 6.07) is 6.35. The molecule has 1 amide bonds. The molecule has 98 valence electrons. The van der Waals surface area contributed by atoms with E-state index in [0.717, 1.165) is 32.5 Å². The topological polar surface area (TPSA) is 53.2 Å². The van der Waals surface area contributed by atoms with E-state index < -0.39 is 0 Å². The molecule has 0 saturated carbocycles. The number of rotatable bonds is 6. The molecule has 4 nitrogen and oxygen atoms in total. The fourth-order valence-electron chi connectivity index (χ4n) is 2.20. The highest BCUT2D eigenvalue weighted by molar-refractivity contribution is 5.78. The van der Waals surface area contributed by atoms with Crippen molar-refractivity contribution in [1.29, 1.82) is 0 Å². The Morgan fingerprint density at radius 1 is 1.44 bits per heavy atom. The van der Waals surface area contributed by atoms with Gasteiger partial charge in [0, 0.05) is 25.3 Å². The van der Waals surface area contributed by atoms with Crippen LogP contribution in [0.2, 0.25) is 0 Å². The third kappa shape index (κ3) is 3.23. The summed E-state index contributed by atoms with van der Waals surface area (Å²) in [4.78, 5) is 11.4. The molecule has 0 bridgehead atoms. The van der Waals surface area contributed by atoms with Crippen molar-refractivity contribution in [3.05, 3.63) is 29.3 Å². The average molecular weight is 247 g/mol. The predicted octanol–water partition coefficient (Wildman–Crippen LogP) is 1.27. The molecule has 18 heavy (non-hydrogen) atoms. The molecule has 0 fully saturated rings. The van der Waals surface area contributed by atoms with Gasteiger partial charge < -0.3 is 16.0 Å². The van der Waals surface area contributed by atoms with Gasteiger partial charge in [0.1, 0.15) is 0 Å². The molecule has 0 atom stereocenters. The lowest BCUT2D eigenvalue weighted by atomic mass is 10.1. The summed E-state index contributed by atoms with van der Waals surface area (Å²) < 4.78 is 0. The first-order valence-corrected chi connectivity index (χ1v) is 6.63. The van der Waals surface area contributed by atoms with Gasteiger partial charge >= 0.3 is 0 Å². The second kappa shape index (κ2) is 6.40. The molecule has 0 spiro atoms. The van der Waals surface area contributed by atoms with E-state index in [9.17, 15) is 4.79 Å². The maximum atomic E-state index is 11.4. The Balaban J connectivity index is 1.80. The normalized spacial score (nSPS) is 12.9. The van der Waals surface area contributed by atoms with E-state index in [1.54, 1.807) is 0 Å². The van der Waals surface area contributed by atoms with Crippen molar-refractivity contribution in [2.45, 2.75) is 26.3 Å². The van der Waals surface area contributed by atoms with Gasteiger partial charge in [-0.1, -0.05) is 25.1 Å². The molecule has 0 aromatic heterocycles. The van der Waals surface area contributed by atoms with Gasteiger partial charge in [0.05, 0.1) is 6.54 Å². The van der Waals surface area contributed by atoms with Crippen LogP contribution in [-0.4, -0.2) is 25.5 Å². The van der Waals surface area contributed by atoms with Gasteiger partial charge in [-0.3, -0.25) is 4.79 Å². The van der Waals surface area contributed by atoms with E-state index >= 15 is 0 Å². The smallest absolute Gasteiger partial charge is 0.233 e. The molecule has 3 N–H and O–H groups in total. The Kier molecular flexibility index (Phi) is 4.59. The van der Waals surface area contributed by atoms with Gasteiger partial charge in [-0.2, -0.15) is 0 Å². The van der Waals surface area contributed by atoms with Crippen LogP contribution in [0.3, 0.4) is 0 Å². The molecule has 1 aromatic carbocycles. The maximum Gasteiger partial charge on any atom is 0.233 e. The summed E-state index contributed by atoms with van der Waals surface area (Å²) in [5.74, 6) is 0.0670. The zero-order chi connectivity index (χ0) is 12.8. The van der Waals surface area contributed by atoms with Crippen LogP contribution in [0.5, 0.6) is 0 Å². The summed E-state index contributed by atoms with van der Waals surface area (Å²) in [6.45, 7) is 4.93. The van der Waals surface area contributed by atoms with E-state index in [0.29, 0.717) is 6.54 Å². The number of nitrogens with one attached hydrogen (secondary N) is 3. The molecule has 2 rings (SSSR count). The van der Waals surface area contributed by atoms with E-state index in [1.165, 1.54) is 16.8 Å². The molecule has 1 aromatic rings. The van der Waals surface area contributed by atoms with Crippen molar-refractivity contribution < 1.29 is 4.79 Å². The summed E-state index contributed by atoms with van der Waals surface area (Å²) in [5, 5.41) is 9.44. The van der Waals surface area contributed by atoms with Crippen LogP contribution >= 0.6 is 0 Å². The van der Waals surface area contributed by atoms with Gasteiger partial charge in [-0.05, 0) is 24.0 Å². The molecule has 0 radical (unpaired) electrons. The third-order valence-corrected chi connectivity index (χ3v) is 3.11. The summed E-state index contributed by atoms with van der Waals surface area (Å²) in [6.07, 6.45) is 2.07. The lowest BCUT2D eigenvalue weighted by Gasteiger charge is -2.10. The van der Waals surface area contributed by atoms with Crippen LogP contribution in [0.1, 0.15) is 24.5 Å². The van der Waals surface area contributed by atoms with E-state index in [2.05, 4.69) is 34.1 Å². The Bertz CT molecular complexity index is 418. The molecular formula is C14H21N3O. The van der Waals surface area contributed by atoms with Crippen LogP contribution in [0.4, 0.5) is 5.69 Å². The SMILES string of the molecule is CCCNC(=O)CNCc1cccc2c1NCC2. The quantitative estimate of drug-likeness (QED) is 0.709. The number of para-hydroxylation sites is 1. The highest BCUT2D eigenvalue weighted by atomic mass is 16.1. The second-order valence-electron chi connectivity index (χ2n) is 4.58. The standard InChI is InChI=1S/C14H21N3O/c1-2-7-16-13(18)10-15-9-12-5-3-4-11-6-8-17-14(11)12/h3-5,15,17H,2,6-10H2,1H3,(H,16,18). The number of amides is 1. The van der Waals surface area contributed by atoms with Gasteiger partial charge in [-0.15, -0.1) is 0 Å². The van der Waals surface area contributed by atoms with Crippen molar-refractivity contribution in [3.63, 3.8) is 0 Å². The molecule has 1 aliphatic rings. The fraction of sp³-hybridized carbons (Fsp3) is 0.500. The number of hydrogen-bond donors (Lipinski definition) is 3. The first kappa shape index (κ1) is 12.9. The summed E-state index contributed by atoms with van der Waals surface area (Å²) in [5.41, 5.74) is 3.87. The lowest BCUT2D eigenvalue weighted by molar-refractivity contribution is -0.120. The Hall–Kier alpha value is -1.55. The fourth-order valence-corrected chi connectivity index (χ4v) is 2.20.